The molecule has 3 rings (SSSR count). The van der Waals surface area contributed by atoms with Crippen molar-refractivity contribution in [1.29, 1.82) is 0 Å². The zero-order valence-corrected chi connectivity index (χ0v) is 18.2. The largest absolute Gasteiger partial charge is 0.462 e. The lowest BCUT2D eigenvalue weighted by atomic mass is 10.1. The Labute approximate surface area is 182 Å². The predicted molar refractivity (Wildman–Crippen MR) is 112 cm³/mol. The molecule has 4 N–H and O–H groups in total. The molecule has 0 spiro atoms. The van der Waals surface area contributed by atoms with Crippen molar-refractivity contribution in [3.63, 3.8) is 0 Å². The first-order chi connectivity index (χ1) is 14.8. The van der Waals surface area contributed by atoms with Crippen LogP contribution in [0.1, 0.15) is 43.1 Å². The third-order valence-corrected chi connectivity index (χ3v) is 6.23. The van der Waals surface area contributed by atoms with E-state index in [0.717, 1.165) is 16.2 Å². The number of carbonyl (C=O) groups excluding carboxylic acids is 4. The number of hydrogen-bond acceptors (Lipinski definition) is 7. The maximum atomic E-state index is 12.6. The van der Waals surface area contributed by atoms with Crippen molar-refractivity contribution in [3.8, 4) is 0 Å². The summed E-state index contributed by atoms with van der Waals surface area (Å²) in [5.74, 6) is -1.46. The Balaban J connectivity index is 1.61. The normalized spacial score (nSPS) is 14.3. The Morgan fingerprint density at radius 3 is 2.58 bits per heavy atom. The lowest BCUT2D eigenvalue weighted by Gasteiger charge is -2.31. The monoisotopic (exact) mass is 449 g/mol. The molecule has 0 aromatic carbocycles. The van der Waals surface area contributed by atoms with Crippen LogP contribution in [0.4, 0.5) is 5.00 Å². The van der Waals surface area contributed by atoms with E-state index in [9.17, 15) is 19.2 Å². The highest BCUT2D eigenvalue weighted by molar-refractivity contribution is 7.18. The average molecular weight is 450 g/mol. The van der Waals surface area contributed by atoms with E-state index in [2.05, 4.69) is 5.32 Å². The molecule has 0 unspecified atom stereocenters. The van der Waals surface area contributed by atoms with Gasteiger partial charge in [0.05, 0.1) is 49.5 Å². The molecule has 3 amide bonds. The number of quaternary nitrogens is 1. The number of nitrogens with zero attached hydrogens (tertiary/aromatic N) is 1. The number of piperazine rings is 1. The van der Waals surface area contributed by atoms with Gasteiger partial charge in [0.2, 0.25) is 0 Å². The SMILES string of the molecule is CCOC(=O)c1c(NC(=O)C[NH+]2CCN(C(=O)c3ccco3)CC2)sc(C(N)=O)c1C. The van der Waals surface area contributed by atoms with E-state index in [1.54, 1.807) is 30.9 Å². The van der Waals surface area contributed by atoms with Crippen LogP contribution in [0.15, 0.2) is 22.8 Å². The van der Waals surface area contributed by atoms with Crippen molar-refractivity contribution >= 4 is 40.0 Å². The lowest BCUT2D eigenvalue weighted by Crippen LogP contribution is -3.15. The van der Waals surface area contributed by atoms with Gasteiger partial charge in [-0.25, -0.2) is 4.79 Å². The highest BCUT2D eigenvalue weighted by atomic mass is 32.1. The summed E-state index contributed by atoms with van der Waals surface area (Å²) in [4.78, 5) is 51.8. The van der Waals surface area contributed by atoms with Crippen LogP contribution >= 0.6 is 11.3 Å². The fourth-order valence-electron chi connectivity index (χ4n) is 3.44. The number of amides is 3. The summed E-state index contributed by atoms with van der Waals surface area (Å²) in [6, 6.07) is 3.29. The van der Waals surface area contributed by atoms with Gasteiger partial charge >= 0.3 is 5.97 Å². The maximum Gasteiger partial charge on any atom is 0.341 e. The maximum absolute atomic E-state index is 12.6. The molecule has 2 aromatic rings. The van der Waals surface area contributed by atoms with Crippen molar-refractivity contribution < 1.29 is 33.2 Å². The van der Waals surface area contributed by atoms with E-state index in [1.165, 1.54) is 6.26 Å². The molecule has 1 aliphatic rings. The summed E-state index contributed by atoms with van der Waals surface area (Å²) in [6.07, 6.45) is 1.46. The fourth-order valence-corrected chi connectivity index (χ4v) is 4.51. The van der Waals surface area contributed by atoms with E-state index in [4.69, 9.17) is 14.9 Å². The Morgan fingerprint density at radius 1 is 1.29 bits per heavy atom. The standard InChI is InChI=1S/C20H24N4O6S/c1-3-29-20(28)15-12(2)16(17(21)26)31-18(15)22-14(25)11-23-6-8-24(9-7-23)19(27)13-5-4-10-30-13/h4-5,10H,3,6-9,11H2,1-2H3,(H2,21,26)(H,22,25)/p+1. The molecule has 1 aliphatic heterocycles. The molecule has 166 valence electrons. The van der Waals surface area contributed by atoms with Gasteiger partial charge in [0.1, 0.15) is 5.00 Å². The number of furan rings is 1. The highest BCUT2D eigenvalue weighted by Crippen LogP contribution is 2.33. The number of nitrogens with two attached hydrogens (primary N) is 1. The van der Waals surface area contributed by atoms with Crippen LogP contribution in [-0.2, 0) is 9.53 Å². The topological polar surface area (TPSA) is 136 Å². The van der Waals surface area contributed by atoms with Gasteiger partial charge in [0, 0.05) is 0 Å². The quantitative estimate of drug-likeness (QED) is 0.505. The Hall–Kier alpha value is -3.18. The van der Waals surface area contributed by atoms with Crippen molar-refractivity contribution in [1.82, 2.24) is 4.90 Å². The minimum atomic E-state index is -0.670. The smallest absolute Gasteiger partial charge is 0.341 e. The lowest BCUT2D eigenvalue weighted by molar-refractivity contribution is -0.895. The van der Waals surface area contributed by atoms with Crippen LogP contribution in [0, 0.1) is 6.92 Å². The number of carbonyl (C=O) groups is 4. The third-order valence-electron chi connectivity index (χ3n) is 5.00. The van der Waals surface area contributed by atoms with Gasteiger partial charge in [0.25, 0.3) is 17.7 Å². The summed E-state index contributed by atoms with van der Waals surface area (Å²) < 4.78 is 10.2. The van der Waals surface area contributed by atoms with Crippen molar-refractivity contribution in [2.45, 2.75) is 13.8 Å². The summed E-state index contributed by atoms with van der Waals surface area (Å²) in [6.45, 7) is 5.79. The first-order valence-corrected chi connectivity index (χ1v) is 10.7. The number of rotatable bonds is 7. The van der Waals surface area contributed by atoms with Gasteiger partial charge in [-0.15, -0.1) is 11.3 Å². The molecular weight excluding hydrogens is 424 g/mol. The predicted octanol–water partition coefficient (Wildman–Crippen LogP) is -0.0955. The van der Waals surface area contributed by atoms with E-state index in [-0.39, 0.29) is 40.4 Å². The summed E-state index contributed by atoms with van der Waals surface area (Å²) in [5.41, 5.74) is 5.93. The van der Waals surface area contributed by atoms with Gasteiger partial charge < -0.3 is 30.0 Å². The van der Waals surface area contributed by atoms with Gasteiger partial charge in [-0.3, -0.25) is 14.4 Å². The van der Waals surface area contributed by atoms with Crippen molar-refractivity contribution in [3.05, 3.63) is 40.2 Å². The average Bonchev–Trinajstić information content (AvgIpc) is 3.36. The third kappa shape index (κ3) is 5.12. The number of anilines is 1. The van der Waals surface area contributed by atoms with Crippen molar-refractivity contribution in [2.24, 2.45) is 5.73 Å². The first-order valence-electron chi connectivity index (χ1n) is 9.88. The fraction of sp³-hybridized carbons (Fsp3) is 0.400. The summed E-state index contributed by atoms with van der Waals surface area (Å²) in [7, 11) is 0. The Morgan fingerprint density at radius 2 is 2.00 bits per heavy atom. The molecule has 11 heteroatoms. The molecule has 3 heterocycles. The van der Waals surface area contributed by atoms with Crippen LogP contribution in [0.25, 0.3) is 0 Å². The zero-order chi connectivity index (χ0) is 22.5. The molecular formula is C20H25N4O6S+. The first kappa shape index (κ1) is 22.5. The molecule has 0 bridgehead atoms. The molecule has 0 aliphatic carbocycles. The number of nitrogens with one attached hydrogen (secondary N) is 2. The molecule has 10 nitrogen and oxygen atoms in total. The minimum Gasteiger partial charge on any atom is -0.462 e. The summed E-state index contributed by atoms with van der Waals surface area (Å²) >= 11 is 0.962. The number of thiophene rings is 1. The molecule has 2 aromatic heterocycles. The van der Waals surface area contributed by atoms with E-state index in [1.807, 2.05) is 0 Å². The van der Waals surface area contributed by atoms with Crippen LogP contribution in [0.3, 0.4) is 0 Å². The number of esters is 1. The van der Waals surface area contributed by atoms with Crippen molar-refractivity contribution in [2.75, 3.05) is 44.6 Å². The van der Waals surface area contributed by atoms with Crippen LogP contribution in [0.5, 0.6) is 0 Å². The van der Waals surface area contributed by atoms with Gasteiger partial charge in [-0.05, 0) is 31.5 Å². The summed E-state index contributed by atoms with van der Waals surface area (Å²) in [5, 5.41) is 2.97. The minimum absolute atomic E-state index is 0.151. The molecule has 0 atom stereocenters. The van der Waals surface area contributed by atoms with Crippen LogP contribution in [0.2, 0.25) is 0 Å². The Kier molecular flexibility index (Phi) is 7.08. The second kappa shape index (κ2) is 9.75. The zero-order valence-electron chi connectivity index (χ0n) is 17.4. The Bertz CT molecular complexity index is 976. The second-order valence-corrected chi connectivity index (χ2v) is 8.11. The molecule has 0 saturated carbocycles. The number of ether oxygens (including phenoxy) is 1. The van der Waals surface area contributed by atoms with Crippen LogP contribution in [-0.4, -0.2) is 67.9 Å². The number of hydrogen-bond donors (Lipinski definition) is 3. The molecule has 1 saturated heterocycles. The molecule has 31 heavy (non-hydrogen) atoms. The molecule has 0 radical (unpaired) electrons. The molecule has 1 fully saturated rings. The van der Waals surface area contributed by atoms with Gasteiger partial charge in [0.15, 0.2) is 12.3 Å². The number of primary amides is 1. The van der Waals surface area contributed by atoms with Gasteiger partial charge in [-0.1, -0.05) is 0 Å². The van der Waals surface area contributed by atoms with E-state index < -0.39 is 11.9 Å². The van der Waals surface area contributed by atoms with E-state index >= 15 is 0 Å². The van der Waals surface area contributed by atoms with Gasteiger partial charge in [-0.2, -0.15) is 0 Å². The van der Waals surface area contributed by atoms with E-state index in [0.29, 0.717) is 37.5 Å². The van der Waals surface area contributed by atoms with Crippen LogP contribution < -0.4 is 16.0 Å². The second-order valence-electron chi connectivity index (χ2n) is 7.09. The highest BCUT2D eigenvalue weighted by Gasteiger charge is 2.29.